The normalized spacial score (nSPS) is 10.3. The molecule has 1 heterocycles. The number of fused-ring (bicyclic) bond motifs is 1. The summed E-state index contributed by atoms with van der Waals surface area (Å²) in [6.45, 7) is 9.71. The fourth-order valence-corrected chi connectivity index (χ4v) is 2.35. The molecule has 0 aliphatic rings. The molecule has 2 aromatic rings. The summed E-state index contributed by atoms with van der Waals surface area (Å²) in [5.74, 6) is 0. The molecular weight excluding hydrogens is 312 g/mol. The maximum Gasteiger partial charge on any atom is 0.345 e. The molecule has 0 saturated heterocycles. The van der Waals surface area contributed by atoms with Crippen molar-refractivity contribution in [3.05, 3.63) is 46.8 Å². The van der Waals surface area contributed by atoms with E-state index in [4.69, 9.17) is 22.4 Å². The Morgan fingerprint density at radius 2 is 2.00 bits per heavy atom. The van der Waals surface area contributed by atoms with Crippen LogP contribution >= 0.6 is 12.2 Å². The smallest absolute Gasteiger partial charge is 0.345 e. The van der Waals surface area contributed by atoms with Gasteiger partial charge in [0.1, 0.15) is 5.58 Å². The van der Waals surface area contributed by atoms with Crippen LogP contribution in [-0.2, 0) is 0 Å². The summed E-state index contributed by atoms with van der Waals surface area (Å²) in [6, 6.07) is 7.52. The zero-order valence-corrected chi connectivity index (χ0v) is 14.0. The second kappa shape index (κ2) is 7.15. The largest absolute Gasteiger partial charge is 0.422 e. The van der Waals surface area contributed by atoms with Crippen LogP contribution in [0, 0.1) is 0 Å². The average molecular weight is 332 g/mol. The minimum Gasteiger partial charge on any atom is -0.422 e. The molecule has 0 saturated carbocycles. The van der Waals surface area contributed by atoms with E-state index < -0.39 is 5.63 Å². The average Bonchev–Trinajstić information content (AvgIpc) is 2.53. The Labute approximate surface area is 139 Å². The second-order valence-electron chi connectivity index (χ2n) is 4.93. The monoisotopic (exact) mass is 332 g/mol. The Balaban J connectivity index is 2.39. The molecule has 6 nitrogen and oxygen atoms in total. The van der Waals surface area contributed by atoms with Crippen molar-refractivity contribution < 1.29 is 4.42 Å². The van der Waals surface area contributed by atoms with Crippen molar-refractivity contribution in [1.82, 2.24) is 10.9 Å². The van der Waals surface area contributed by atoms with E-state index in [9.17, 15) is 4.79 Å². The highest BCUT2D eigenvalue weighted by molar-refractivity contribution is 7.80. The van der Waals surface area contributed by atoms with Crippen molar-refractivity contribution in [2.75, 3.05) is 18.0 Å². The number of hydrogen-bond donors (Lipinski definition) is 3. The molecule has 4 N–H and O–H groups in total. The number of benzene rings is 1. The van der Waals surface area contributed by atoms with E-state index in [0.29, 0.717) is 16.8 Å². The maximum absolute atomic E-state index is 12.2. The lowest BCUT2D eigenvalue weighted by Gasteiger charge is -2.21. The van der Waals surface area contributed by atoms with Gasteiger partial charge in [-0.25, -0.2) is 4.79 Å². The van der Waals surface area contributed by atoms with E-state index in [1.54, 1.807) is 6.07 Å². The van der Waals surface area contributed by atoms with Gasteiger partial charge in [0, 0.05) is 30.2 Å². The summed E-state index contributed by atoms with van der Waals surface area (Å²) in [6.07, 6.45) is 0. The summed E-state index contributed by atoms with van der Waals surface area (Å²) >= 11 is 4.69. The molecule has 2 rings (SSSR count). The predicted octanol–water partition coefficient (Wildman–Crippen LogP) is 1.95. The highest BCUT2D eigenvalue weighted by Crippen LogP contribution is 2.22. The number of rotatable bonds is 6. The molecule has 0 bridgehead atoms. The molecule has 0 aliphatic heterocycles. The predicted molar refractivity (Wildman–Crippen MR) is 98.1 cm³/mol. The van der Waals surface area contributed by atoms with Gasteiger partial charge in [-0.05, 0) is 44.3 Å². The summed E-state index contributed by atoms with van der Waals surface area (Å²) in [7, 11) is 0. The lowest BCUT2D eigenvalue weighted by atomic mass is 10.1. The first-order chi connectivity index (χ1) is 11.0. The molecule has 0 radical (unpaired) electrons. The molecule has 0 aliphatic carbocycles. The van der Waals surface area contributed by atoms with E-state index >= 15 is 0 Å². The minimum atomic E-state index is -0.476. The maximum atomic E-state index is 12.2. The van der Waals surface area contributed by atoms with Gasteiger partial charge in [-0.1, -0.05) is 6.58 Å². The van der Waals surface area contributed by atoms with E-state index in [-0.39, 0.29) is 5.11 Å². The van der Waals surface area contributed by atoms with Crippen molar-refractivity contribution in [1.29, 1.82) is 0 Å². The first kappa shape index (κ1) is 16.8. The summed E-state index contributed by atoms with van der Waals surface area (Å²) in [5, 5.41) is 0.869. The molecule has 0 atom stereocenters. The van der Waals surface area contributed by atoms with Crippen LogP contribution in [0.1, 0.15) is 19.4 Å². The Kier molecular flexibility index (Phi) is 5.23. The van der Waals surface area contributed by atoms with Gasteiger partial charge in [0.25, 0.3) is 0 Å². The molecule has 7 heteroatoms. The van der Waals surface area contributed by atoms with Crippen LogP contribution in [-0.4, -0.2) is 18.2 Å². The quantitative estimate of drug-likeness (QED) is 0.423. The topological polar surface area (TPSA) is 83.5 Å². The van der Waals surface area contributed by atoms with Crippen molar-refractivity contribution >= 4 is 39.7 Å². The number of nitrogens with two attached hydrogens (primary N) is 1. The standard InChI is InChI=1S/C16H20N4O2S/c1-4-20(5-2)12-7-6-11-8-13(10(3)18-19-16(17)23)15(21)22-14(11)9-12/h6-9,18H,3-5H2,1-2H3,(H3,17,19,23). The zero-order chi connectivity index (χ0) is 17.0. The molecule has 0 unspecified atom stereocenters. The molecule has 0 amide bonds. The van der Waals surface area contributed by atoms with Gasteiger partial charge in [0.05, 0.1) is 11.3 Å². The van der Waals surface area contributed by atoms with Crippen LogP contribution in [0.5, 0.6) is 0 Å². The number of thiocarbonyl (C=S) groups is 1. The third kappa shape index (κ3) is 3.81. The first-order valence-electron chi connectivity index (χ1n) is 7.29. The number of nitrogens with zero attached hydrogens (tertiary/aromatic N) is 1. The van der Waals surface area contributed by atoms with E-state index in [1.165, 1.54) is 0 Å². The first-order valence-corrected chi connectivity index (χ1v) is 7.70. The van der Waals surface area contributed by atoms with Gasteiger partial charge in [-0.3, -0.25) is 10.9 Å². The molecule has 122 valence electrons. The SMILES string of the molecule is C=C(NNC(N)=S)c1cc2ccc(N(CC)CC)cc2oc1=O. The van der Waals surface area contributed by atoms with Crippen LogP contribution in [0.25, 0.3) is 16.7 Å². The molecule has 0 spiro atoms. The third-order valence-corrected chi connectivity index (χ3v) is 3.61. The number of nitrogens with one attached hydrogen (secondary N) is 2. The summed E-state index contributed by atoms with van der Waals surface area (Å²) in [4.78, 5) is 14.3. The van der Waals surface area contributed by atoms with Gasteiger partial charge < -0.3 is 15.1 Å². The Morgan fingerprint density at radius 3 is 2.61 bits per heavy atom. The van der Waals surface area contributed by atoms with Crippen molar-refractivity contribution in [2.45, 2.75) is 13.8 Å². The number of hydrazine groups is 1. The molecule has 0 fully saturated rings. The fraction of sp³-hybridized carbons (Fsp3) is 0.250. The lowest BCUT2D eigenvalue weighted by Crippen LogP contribution is -2.40. The van der Waals surface area contributed by atoms with Gasteiger partial charge in [0.15, 0.2) is 5.11 Å². The third-order valence-electron chi connectivity index (χ3n) is 3.51. The fourth-order valence-electron chi connectivity index (χ4n) is 2.30. The Bertz CT molecular complexity index is 796. The van der Waals surface area contributed by atoms with Crippen molar-refractivity contribution in [3.63, 3.8) is 0 Å². The Morgan fingerprint density at radius 1 is 1.30 bits per heavy atom. The highest BCUT2D eigenvalue weighted by atomic mass is 32.1. The lowest BCUT2D eigenvalue weighted by molar-refractivity contribution is 0.557. The Hall–Kier alpha value is -2.54. The zero-order valence-electron chi connectivity index (χ0n) is 13.2. The van der Waals surface area contributed by atoms with Crippen LogP contribution in [0.4, 0.5) is 5.69 Å². The summed E-state index contributed by atoms with van der Waals surface area (Å²) in [5.41, 5.74) is 12.3. The van der Waals surface area contributed by atoms with Gasteiger partial charge in [-0.2, -0.15) is 0 Å². The highest BCUT2D eigenvalue weighted by Gasteiger charge is 2.10. The van der Waals surface area contributed by atoms with Crippen molar-refractivity contribution in [3.8, 4) is 0 Å². The van der Waals surface area contributed by atoms with Gasteiger partial charge >= 0.3 is 5.63 Å². The van der Waals surface area contributed by atoms with E-state index in [0.717, 1.165) is 24.2 Å². The molecule has 23 heavy (non-hydrogen) atoms. The number of anilines is 1. The van der Waals surface area contributed by atoms with E-state index in [2.05, 4.69) is 36.2 Å². The van der Waals surface area contributed by atoms with Crippen LogP contribution in [0.15, 0.2) is 40.1 Å². The van der Waals surface area contributed by atoms with Crippen LogP contribution in [0.2, 0.25) is 0 Å². The van der Waals surface area contributed by atoms with Crippen molar-refractivity contribution in [2.24, 2.45) is 5.73 Å². The van der Waals surface area contributed by atoms with Crippen LogP contribution in [0.3, 0.4) is 0 Å². The van der Waals surface area contributed by atoms with Gasteiger partial charge in [-0.15, -0.1) is 0 Å². The second-order valence-corrected chi connectivity index (χ2v) is 5.37. The van der Waals surface area contributed by atoms with Gasteiger partial charge in [0.2, 0.25) is 0 Å². The van der Waals surface area contributed by atoms with Crippen LogP contribution < -0.4 is 27.1 Å². The molecule has 1 aromatic heterocycles. The van der Waals surface area contributed by atoms with E-state index in [1.807, 2.05) is 18.2 Å². The molecule has 1 aromatic carbocycles. The summed E-state index contributed by atoms with van der Waals surface area (Å²) < 4.78 is 5.43. The minimum absolute atomic E-state index is 0.0557. The molecular formula is C16H20N4O2S. The number of hydrogen-bond acceptors (Lipinski definition) is 5.